The third kappa shape index (κ3) is 4.34. The van der Waals surface area contributed by atoms with E-state index in [1.807, 2.05) is 12.1 Å². The smallest absolute Gasteiger partial charge is 0.122 e. The number of aryl methyl sites for hydroxylation is 1. The number of rotatable bonds is 7. The van der Waals surface area contributed by atoms with Gasteiger partial charge in [0.25, 0.3) is 0 Å². The lowest BCUT2D eigenvalue weighted by Crippen LogP contribution is -2.37. The van der Waals surface area contributed by atoms with E-state index >= 15 is 0 Å². The normalized spacial score (nSPS) is 12.5. The van der Waals surface area contributed by atoms with E-state index in [1.165, 1.54) is 11.1 Å². The van der Waals surface area contributed by atoms with Crippen LogP contribution in [0.25, 0.3) is 0 Å². The quantitative estimate of drug-likeness (QED) is 0.557. The first-order valence-electron chi connectivity index (χ1n) is 5.79. The van der Waals surface area contributed by atoms with E-state index in [2.05, 4.69) is 18.4 Å². The zero-order chi connectivity index (χ0) is 12.7. The van der Waals surface area contributed by atoms with Crippen LogP contribution < -0.4 is 16.0 Å². The number of methoxy groups -OCH3 is 2. The largest absolute Gasteiger partial charge is 0.496 e. The molecule has 3 N–H and O–H groups in total. The molecular weight excluding hydrogens is 216 g/mol. The van der Waals surface area contributed by atoms with Crippen LogP contribution in [-0.2, 0) is 11.2 Å². The number of hydrazine groups is 1. The molecule has 0 aliphatic carbocycles. The highest BCUT2D eigenvalue weighted by molar-refractivity contribution is 5.37. The Morgan fingerprint density at radius 3 is 2.71 bits per heavy atom. The van der Waals surface area contributed by atoms with Gasteiger partial charge in [-0.3, -0.25) is 11.3 Å². The molecule has 0 aromatic heterocycles. The number of hydrogen-bond acceptors (Lipinski definition) is 4. The Morgan fingerprint density at radius 1 is 1.35 bits per heavy atom. The lowest BCUT2D eigenvalue weighted by atomic mass is 10.0. The number of benzene rings is 1. The topological polar surface area (TPSA) is 56.5 Å². The summed E-state index contributed by atoms with van der Waals surface area (Å²) < 4.78 is 10.4. The molecule has 4 heteroatoms. The number of ether oxygens (including phenoxy) is 2. The van der Waals surface area contributed by atoms with Crippen molar-refractivity contribution in [3.63, 3.8) is 0 Å². The summed E-state index contributed by atoms with van der Waals surface area (Å²) in [6.07, 6.45) is 1.72. The van der Waals surface area contributed by atoms with Crippen LogP contribution in [-0.4, -0.2) is 26.9 Å². The predicted octanol–water partition coefficient (Wildman–Crippen LogP) is 1.41. The second kappa shape index (κ2) is 7.27. The Bertz CT molecular complexity index is 342. The molecule has 96 valence electrons. The standard InChI is InChI=1S/C13H22N2O2/c1-10-4-5-13(17-3)11(8-10)9-12(15-14)6-7-16-2/h4-5,8,12,15H,6-7,9,14H2,1-3H3. The zero-order valence-electron chi connectivity index (χ0n) is 10.8. The molecule has 1 rings (SSSR count). The summed E-state index contributed by atoms with van der Waals surface area (Å²) in [5.74, 6) is 6.46. The monoisotopic (exact) mass is 238 g/mol. The highest BCUT2D eigenvalue weighted by atomic mass is 16.5. The van der Waals surface area contributed by atoms with Crippen molar-refractivity contribution in [3.8, 4) is 5.75 Å². The van der Waals surface area contributed by atoms with Gasteiger partial charge < -0.3 is 9.47 Å². The molecule has 0 saturated carbocycles. The van der Waals surface area contributed by atoms with Crippen molar-refractivity contribution >= 4 is 0 Å². The van der Waals surface area contributed by atoms with Crippen molar-refractivity contribution in [1.82, 2.24) is 5.43 Å². The molecule has 0 bridgehead atoms. The maximum absolute atomic E-state index is 5.54. The summed E-state index contributed by atoms with van der Waals surface area (Å²) in [6, 6.07) is 6.37. The summed E-state index contributed by atoms with van der Waals surface area (Å²) in [6.45, 7) is 2.77. The van der Waals surface area contributed by atoms with Gasteiger partial charge in [0.1, 0.15) is 5.75 Å². The van der Waals surface area contributed by atoms with E-state index < -0.39 is 0 Å². The fourth-order valence-corrected chi connectivity index (χ4v) is 1.84. The third-order valence-corrected chi connectivity index (χ3v) is 2.81. The molecule has 17 heavy (non-hydrogen) atoms. The summed E-state index contributed by atoms with van der Waals surface area (Å²) >= 11 is 0. The Labute approximate surface area is 103 Å². The van der Waals surface area contributed by atoms with Crippen LogP contribution in [0.1, 0.15) is 17.5 Å². The fourth-order valence-electron chi connectivity index (χ4n) is 1.84. The summed E-state index contributed by atoms with van der Waals surface area (Å²) in [5.41, 5.74) is 5.22. The van der Waals surface area contributed by atoms with Gasteiger partial charge in [0.2, 0.25) is 0 Å². The Kier molecular flexibility index (Phi) is 5.97. The Hall–Kier alpha value is -1.10. The molecule has 0 fully saturated rings. The van der Waals surface area contributed by atoms with Crippen LogP contribution >= 0.6 is 0 Å². The molecule has 0 radical (unpaired) electrons. The lowest BCUT2D eigenvalue weighted by molar-refractivity contribution is 0.182. The van der Waals surface area contributed by atoms with Crippen molar-refractivity contribution in [2.75, 3.05) is 20.8 Å². The average Bonchev–Trinajstić information content (AvgIpc) is 2.34. The first-order valence-corrected chi connectivity index (χ1v) is 5.79. The molecule has 0 aliphatic heterocycles. The van der Waals surface area contributed by atoms with Gasteiger partial charge in [0.15, 0.2) is 0 Å². The molecule has 1 unspecified atom stereocenters. The summed E-state index contributed by atoms with van der Waals surface area (Å²) in [4.78, 5) is 0. The zero-order valence-corrected chi connectivity index (χ0v) is 10.8. The molecule has 1 aromatic carbocycles. The van der Waals surface area contributed by atoms with Crippen molar-refractivity contribution in [2.45, 2.75) is 25.8 Å². The van der Waals surface area contributed by atoms with E-state index in [0.717, 1.165) is 18.6 Å². The SMILES string of the molecule is COCCC(Cc1cc(C)ccc1OC)NN. The first-order chi connectivity index (χ1) is 8.21. The first kappa shape index (κ1) is 14.0. The number of hydrogen-bond donors (Lipinski definition) is 2. The van der Waals surface area contributed by atoms with Gasteiger partial charge in [-0.1, -0.05) is 17.7 Å². The van der Waals surface area contributed by atoms with Crippen LogP contribution in [0.5, 0.6) is 5.75 Å². The lowest BCUT2D eigenvalue weighted by Gasteiger charge is -2.17. The van der Waals surface area contributed by atoms with Gasteiger partial charge in [-0.15, -0.1) is 0 Å². The van der Waals surface area contributed by atoms with Crippen molar-refractivity contribution in [3.05, 3.63) is 29.3 Å². The van der Waals surface area contributed by atoms with Crippen LogP contribution in [0.3, 0.4) is 0 Å². The molecule has 0 spiro atoms. The van der Waals surface area contributed by atoms with Gasteiger partial charge in [0.05, 0.1) is 7.11 Å². The molecular formula is C13H22N2O2. The van der Waals surface area contributed by atoms with E-state index in [9.17, 15) is 0 Å². The van der Waals surface area contributed by atoms with E-state index in [1.54, 1.807) is 14.2 Å². The van der Waals surface area contributed by atoms with Gasteiger partial charge >= 0.3 is 0 Å². The Balaban J connectivity index is 2.73. The van der Waals surface area contributed by atoms with Crippen molar-refractivity contribution in [1.29, 1.82) is 0 Å². The minimum absolute atomic E-state index is 0.200. The Morgan fingerprint density at radius 2 is 2.12 bits per heavy atom. The molecule has 0 amide bonds. The highest BCUT2D eigenvalue weighted by Gasteiger charge is 2.11. The van der Waals surface area contributed by atoms with E-state index in [-0.39, 0.29) is 6.04 Å². The van der Waals surface area contributed by atoms with Crippen molar-refractivity contribution < 1.29 is 9.47 Å². The van der Waals surface area contributed by atoms with Crippen LogP contribution in [0, 0.1) is 6.92 Å². The molecule has 0 heterocycles. The third-order valence-electron chi connectivity index (χ3n) is 2.81. The fraction of sp³-hybridized carbons (Fsp3) is 0.538. The van der Waals surface area contributed by atoms with Gasteiger partial charge in [0, 0.05) is 19.8 Å². The minimum Gasteiger partial charge on any atom is -0.496 e. The number of nitrogens with one attached hydrogen (secondary N) is 1. The minimum atomic E-state index is 0.200. The molecule has 1 aromatic rings. The predicted molar refractivity (Wildman–Crippen MR) is 69.0 cm³/mol. The summed E-state index contributed by atoms with van der Waals surface area (Å²) in [7, 11) is 3.38. The molecule has 0 aliphatic rings. The molecule has 0 saturated heterocycles. The van der Waals surface area contributed by atoms with Crippen LogP contribution in [0.4, 0.5) is 0 Å². The van der Waals surface area contributed by atoms with Gasteiger partial charge in [-0.25, -0.2) is 0 Å². The van der Waals surface area contributed by atoms with Gasteiger partial charge in [-0.2, -0.15) is 0 Å². The van der Waals surface area contributed by atoms with E-state index in [4.69, 9.17) is 15.3 Å². The maximum atomic E-state index is 5.54. The highest BCUT2D eigenvalue weighted by Crippen LogP contribution is 2.21. The van der Waals surface area contributed by atoms with E-state index in [0.29, 0.717) is 6.61 Å². The van der Waals surface area contributed by atoms with Crippen LogP contribution in [0.15, 0.2) is 18.2 Å². The summed E-state index contributed by atoms with van der Waals surface area (Å²) in [5, 5.41) is 0. The van der Waals surface area contributed by atoms with Gasteiger partial charge in [-0.05, 0) is 31.4 Å². The number of nitrogens with two attached hydrogens (primary N) is 1. The van der Waals surface area contributed by atoms with Crippen LogP contribution in [0.2, 0.25) is 0 Å². The second-order valence-electron chi connectivity index (χ2n) is 4.16. The molecule has 4 nitrogen and oxygen atoms in total. The molecule has 1 atom stereocenters. The maximum Gasteiger partial charge on any atom is 0.122 e. The van der Waals surface area contributed by atoms with Crippen molar-refractivity contribution in [2.24, 2.45) is 5.84 Å². The average molecular weight is 238 g/mol. The second-order valence-corrected chi connectivity index (χ2v) is 4.16.